The Morgan fingerprint density at radius 2 is 1.74 bits per heavy atom. The van der Waals surface area contributed by atoms with Gasteiger partial charge in [0.15, 0.2) is 0 Å². The zero-order valence-electron chi connectivity index (χ0n) is 12.0. The summed E-state index contributed by atoms with van der Waals surface area (Å²) in [7, 11) is -4.52. The van der Waals surface area contributed by atoms with Gasteiger partial charge in [0.1, 0.15) is 6.61 Å². The van der Waals surface area contributed by atoms with Gasteiger partial charge in [-0.1, -0.05) is 32.9 Å². The van der Waals surface area contributed by atoms with Crippen LogP contribution in [-0.4, -0.2) is 29.0 Å². The van der Waals surface area contributed by atoms with E-state index in [0.717, 1.165) is 0 Å². The molecule has 2 N–H and O–H groups in total. The number of rotatable bonds is 6. The molecule has 19 heavy (non-hydrogen) atoms. The minimum Gasteiger partial charge on any atom is -0.463 e. The summed E-state index contributed by atoms with van der Waals surface area (Å²) in [6.07, 6.45) is 3.54. The quantitative estimate of drug-likeness (QED) is 0.338. The van der Waals surface area contributed by atoms with Crippen LogP contribution in [0.1, 0.15) is 34.6 Å². The highest BCUT2D eigenvalue weighted by atomic mass is 31.2. The van der Waals surface area contributed by atoms with Crippen molar-refractivity contribution in [2.24, 2.45) is 10.8 Å². The van der Waals surface area contributed by atoms with Gasteiger partial charge in [-0.25, -0.2) is 4.57 Å². The van der Waals surface area contributed by atoms with Gasteiger partial charge in [0.25, 0.3) is 0 Å². The predicted molar refractivity (Wildman–Crippen MR) is 71.3 cm³/mol. The van der Waals surface area contributed by atoms with Gasteiger partial charge in [0, 0.05) is 0 Å². The monoisotopic (exact) mass is 294 g/mol. The second-order valence-electron chi connectivity index (χ2n) is 5.41. The van der Waals surface area contributed by atoms with E-state index in [2.05, 4.69) is 4.52 Å². The Kier molecular flexibility index (Phi) is 6.42. The molecule has 0 saturated heterocycles. The average molecular weight is 294 g/mol. The van der Waals surface area contributed by atoms with Crippen LogP contribution in [0.5, 0.6) is 0 Å². The molecular weight excluding hydrogens is 271 g/mol. The van der Waals surface area contributed by atoms with Crippen molar-refractivity contribution in [1.82, 2.24) is 0 Å². The molecule has 0 aliphatic heterocycles. The predicted octanol–water partition coefficient (Wildman–Crippen LogP) is 2.27. The summed E-state index contributed by atoms with van der Waals surface area (Å²) >= 11 is 0. The van der Waals surface area contributed by atoms with Gasteiger partial charge in [0.2, 0.25) is 0 Å². The highest BCUT2D eigenvalue weighted by molar-refractivity contribution is 7.46. The number of hydrogen-bond acceptors (Lipinski definition) is 4. The molecule has 0 aromatic carbocycles. The van der Waals surface area contributed by atoms with E-state index in [4.69, 9.17) is 14.5 Å². The molecule has 0 rings (SSSR count). The first-order valence-corrected chi connectivity index (χ1v) is 7.48. The molecule has 0 spiro atoms. The molecule has 0 fully saturated rings. The maximum Gasteiger partial charge on any atom is 0.469 e. The van der Waals surface area contributed by atoms with Crippen molar-refractivity contribution in [2.75, 3.05) is 13.2 Å². The molecule has 6 nitrogen and oxygen atoms in total. The number of carbonyl (C=O) groups is 1. The molecule has 0 aliphatic rings. The van der Waals surface area contributed by atoms with Crippen LogP contribution in [-0.2, 0) is 18.6 Å². The molecule has 0 aliphatic carbocycles. The van der Waals surface area contributed by atoms with Crippen LogP contribution in [0.25, 0.3) is 0 Å². The smallest absolute Gasteiger partial charge is 0.463 e. The molecule has 0 aromatic rings. The molecule has 0 heterocycles. The normalized spacial score (nSPS) is 16.4. The molecule has 1 atom stereocenters. The summed E-state index contributed by atoms with van der Waals surface area (Å²) in [5.41, 5.74) is -1.16. The summed E-state index contributed by atoms with van der Waals surface area (Å²) in [6, 6.07) is 0. The van der Waals surface area contributed by atoms with Crippen LogP contribution < -0.4 is 0 Å². The molecule has 0 bridgehead atoms. The first-order chi connectivity index (χ1) is 8.44. The SMILES string of the molecule is C/C=C/C(C)(C(=O)OCCOP(=O)(O)O)C(C)(C)C. The second-order valence-corrected chi connectivity index (χ2v) is 6.65. The van der Waals surface area contributed by atoms with E-state index in [1.807, 2.05) is 27.7 Å². The molecule has 7 heteroatoms. The Balaban J connectivity index is 4.58. The van der Waals surface area contributed by atoms with Gasteiger partial charge < -0.3 is 14.5 Å². The van der Waals surface area contributed by atoms with Crippen LogP contribution >= 0.6 is 7.82 Å². The lowest BCUT2D eigenvalue weighted by Gasteiger charge is -2.37. The van der Waals surface area contributed by atoms with Crippen LogP contribution in [0, 0.1) is 10.8 Å². The number of ether oxygens (including phenoxy) is 1. The lowest BCUT2D eigenvalue weighted by molar-refractivity contribution is -0.158. The van der Waals surface area contributed by atoms with E-state index in [9.17, 15) is 9.36 Å². The zero-order valence-corrected chi connectivity index (χ0v) is 12.9. The molecule has 0 aromatic heterocycles. The van der Waals surface area contributed by atoms with Crippen LogP contribution in [0.2, 0.25) is 0 Å². The van der Waals surface area contributed by atoms with E-state index < -0.39 is 19.2 Å². The Morgan fingerprint density at radius 3 is 2.11 bits per heavy atom. The third-order valence-electron chi connectivity index (χ3n) is 3.06. The van der Waals surface area contributed by atoms with Gasteiger partial charge >= 0.3 is 13.8 Å². The van der Waals surface area contributed by atoms with E-state index in [-0.39, 0.29) is 18.6 Å². The Hall–Kier alpha value is -0.680. The zero-order chi connectivity index (χ0) is 15.3. The van der Waals surface area contributed by atoms with Crippen LogP contribution in [0.3, 0.4) is 0 Å². The molecule has 1 unspecified atom stereocenters. The topological polar surface area (TPSA) is 93.1 Å². The van der Waals surface area contributed by atoms with Gasteiger partial charge in [0.05, 0.1) is 12.0 Å². The molecular formula is C12H23O6P. The van der Waals surface area contributed by atoms with Crippen molar-refractivity contribution in [3.05, 3.63) is 12.2 Å². The fourth-order valence-electron chi connectivity index (χ4n) is 1.40. The number of allylic oxidation sites excluding steroid dienone is 1. The second kappa shape index (κ2) is 6.66. The van der Waals surface area contributed by atoms with Crippen LogP contribution in [0.15, 0.2) is 12.2 Å². The summed E-state index contributed by atoms with van der Waals surface area (Å²) in [5, 5.41) is 0. The average Bonchev–Trinajstić information content (AvgIpc) is 2.21. The Labute approximate surface area is 114 Å². The maximum atomic E-state index is 12.1. The standard InChI is InChI=1S/C12H23O6P/c1-6-7-12(5,11(2,3)4)10(13)17-8-9-18-19(14,15)16/h6-7H,8-9H2,1-5H3,(H2,14,15,16)/b7-6+. The van der Waals surface area contributed by atoms with Crippen molar-refractivity contribution in [3.63, 3.8) is 0 Å². The number of esters is 1. The molecule has 0 saturated carbocycles. The summed E-state index contributed by atoms with van der Waals surface area (Å²) < 4.78 is 19.7. The highest BCUT2D eigenvalue weighted by Gasteiger charge is 2.43. The van der Waals surface area contributed by atoms with Gasteiger partial charge in [-0.3, -0.25) is 9.32 Å². The maximum absolute atomic E-state index is 12.1. The molecule has 112 valence electrons. The fourth-order valence-corrected chi connectivity index (χ4v) is 1.71. The van der Waals surface area contributed by atoms with E-state index in [0.29, 0.717) is 0 Å². The third-order valence-corrected chi connectivity index (χ3v) is 3.58. The number of phosphoric acid groups is 1. The molecule has 0 radical (unpaired) electrons. The number of phosphoric ester groups is 1. The highest BCUT2D eigenvalue weighted by Crippen LogP contribution is 2.41. The fraction of sp³-hybridized carbons (Fsp3) is 0.750. The minimum atomic E-state index is -4.52. The van der Waals surface area contributed by atoms with E-state index in [1.165, 1.54) is 0 Å². The minimum absolute atomic E-state index is 0.201. The van der Waals surface area contributed by atoms with E-state index in [1.54, 1.807) is 19.1 Å². The van der Waals surface area contributed by atoms with Crippen molar-refractivity contribution in [3.8, 4) is 0 Å². The van der Waals surface area contributed by atoms with Gasteiger partial charge in [-0.15, -0.1) is 0 Å². The van der Waals surface area contributed by atoms with Crippen LogP contribution in [0.4, 0.5) is 0 Å². The third kappa shape index (κ3) is 5.87. The lowest BCUT2D eigenvalue weighted by Crippen LogP contribution is -2.40. The van der Waals surface area contributed by atoms with E-state index >= 15 is 0 Å². The molecule has 0 amide bonds. The van der Waals surface area contributed by atoms with Gasteiger partial charge in [-0.05, 0) is 19.3 Å². The van der Waals surface area contributed by atoms with Crippen molar-refractivity contribution in [1.29, 1.82) is 0 Å². The lowest BCUT2D eigenvalue weighted by atomic mass is 9.67. The number of carbonyl (C=O) groups excluding carboxylic acids is 1. The Bertz CT molecular complexity index is 378. The van der Waals surface area contributed by atoms with Gasteiger partial charge in [-0.2, -0.15) is 0 Å². The largest absolute Gasteiger partial charge is 0.469 e. The number of hydrogen-bond donors (Lipinski definition) is 2. The Morgan fingerprint density at radius 1 is 1.21 bits per heavy atom. The summed E-state index contributed by atoms with van der Waals surface area (Å²) in [6.45, 7) is 8.79. The first-order valence-electron chi connectivity index (χ1n) is 5.95. The van der Waals surface area contributed by atoms with Crippen molar-refractivity contribution >= 4 is 13.8 Å². The summed E-state index contributed by atoms with van der Waals surface area (Å²) in [4.78, 5) is 29.1. The van der Waals surface area contributed by atoms with Crippen molar-refractivity contribution < 1.29 is 28.4 Å². The van der Waals surface area contributed by atoms with Crippen molar-refractivity contribution in [2.45, 2.75) is 34.6 Å². The summed E-state index contributed by atoms with van der Waals surface area (Å²) in [5.74, 6) is -0.451. The first kappa shape index (κ1) is 18.3.